The molecule has 1 fully saturated rings. The Labute approximate surface area is 188 Å². The predicted molar refractivity (Wildman–Crippen MR) is 118 cm³/mol. The molecule has 10 nitrogen and oxygen atoms in total. The number of imidazole rings is 1. The lowest BCUT2D eigenvalue weighted by Gasteiger charge is -2.29. The number of carboxylic acid groups (broad SMARTS) is 2. The first-order valence-corrected chi connectivity index (χ1v) is 12.0. The Morgan fingerprint density at radius 2 is 1.94 bits per heavy atom. The molecule has 1 aliphatic rings. The summed E-state index contributed by atoms with van der Waals surface area (Å²) in [6.45, 7) is 0.362. The number of halogens is 1. The zero-order valence-electron chi connectivity index (χ0n) is 17.0. The van der Waals surface area contributed by atoms with Crippen LogP contribution in [0.25, 0.3) is 21.9 Å². The Kier molecular flexibility index (Phi) is 5.78. The van der Waals surface area contributed by atoms with Crippen molar-refractivity contribution in [1.82, 2.24) is 24.3 Å². The number of rotatable bonds is 4. The molecule has 1 saturated carbocycles. The molecule has 4 aromatic rings. The summed E-state index contributed by atoms with van der Waals surface area (Å²) in [5.41, 5.74) is 2.56. The van der Waals surface area contributed by atoms with E-state index < -0.39 is 16.0 Å². The summed E-state index contributed by atoms with van der Waals surface area (Å²) in [4.78, 5) is 17.5. The Balaban J connectivity index is 0.000000567. The number of benzene rings is 1. The van der Waals surface area contributed by atoms with E-state index in [1.54, 1.807) is 23.1 Å². The molecule has 0 aliphatic heterocycles. The van der Waals surface area contributed by atoms with Crippen LogP contribution in [0.2, 0.25) is 5.02 Å². The molecule has 168 valence electrons. The highest BCUT2D eigenvalue weighted by atomic mass is 35.5. The molecule has 1 aliphatic carbocycles. The van der Waals surface area contributed by atoms with Crippen molar-refractivity contribution in [2.45, 2.75) is 36.9 Å². The van der Waals surface area contributed by atoms with Crippen LogP contribution in [0.3, 0.4) is 0 Å². The quantitative estimate of drug-likeness (QED) is 0.451. The summed E-state index contributed by atoms with van der Waals surface area (Å²) in [7, 11) is -3.46. The third-order valence-electron chi connectivity index (χ3n) is 5.33. The molecular formula is C20H20ClN5O5S. The molecule has 0 atom stereocenters. The first kappa shape index (κ1) is 22.0. The van der Waals surface area contributed by atoms with Gasteiger partial charge in [0.15, 0.2) is 14.9 Å². The van der Waals surface area contributed by atoms with Crippen molar-refractivity contribution in [2.75, 3.05) is 6.26 Å². The third-order valence-corrected chi connectivity index (χ3v) is 6.57. The Bertz CT molecular complexity index is 1420. The molecule has 1 aromatic carbocycles. The summed E-state index contributed by atoms with van der Waals surface area (Å²) >= 11 is 6.16. The monoisotopic (exact) mass is 477 g/mol. The van der Waals surface area contributed by atoms with Gasteiger partial charge < -0.3 is 14.8 Å². The average Bonchev–Trinajstić information content (AvgIpc) is 3.19. The van der Waals surface area contributed by atoms with Gasteiger partial charge in [0.25, 0.3) is 0 Å². The maximum absolute atomic E-state index is 12.2. The fourth-order valence-electron chi connectivity index (χ4n) is 3.80. The first-order chi connectivity index (χ1) is 15.1. The molecule has 0 saturated heterocycles. The lowest BCUT2D eigenvalue weighted by molar-refractivity contribution is 0.137. The minimum Gasteiger partial charge on any atom is -0.450 e. The van der Waals surface area contributed by atoms with Gasteiger partial charge in [-0.2, -0.15) is 5.10 Å². The van der Waals surface area contributed by atoms with E-state index in [0.717, 1.165) is 29.7 Å². The second-order valence-corrected chi connectivity index (χ2v) is 9.89. The number of sulfone groups is 1. The third kappa shape index (κ3) is 4.26. The van der Waals surface area contributed by atoms with Crippen LogP contribution in [0.1, 0.15) is 31.1 Å². The number of hydrogen-bond donors (Lipinski definition) is 2. The summed E-state index contributed by atoms with van der Waals surface area (Å²) in [6, 6.07) is 7.82. The smallest absolute Gasteiger partial charge is 0.450 e. The summed E-state index contributed by atoms with van der Waals surface area (Å²) in [6.07, 6.45) is 5.97. The highest BCUT2D eigenvalue weighted by Gasteiger charge is 2.26. The van der Waals surface area contributed by atoms with Crippen molar-refractivity contribution in [3.63, 3.8) is 0 Å². The van der Waals surface area contributed by atoms with Gasteiger partial charge in [0.1, 0.15) is 5.82 Å². The standard InChI is InChI=1S/C19H18ClN5O2S.CH2O3/c1-28(26,27)19-14-7-8-21-10-17(14)24(23-19)11-18-22-15-9-12(20)5-6-16(15)25(18)13-3-2-4-13;2-1(3)4/h5-10,13H,2-4,11H2,1H3;(H2,2,3,4). The van der Waals surface area contributed by atoms with Gasteiger partial charge in [-0.05, 0) is 43.5 Å². The van der Waals surface area contributed by atoms with Crippen LogP contribution in [0, 0.1) is 0 Å². The molecule has 2 N–H and O–H groups in total. The molecule has 3 heterocycles. The lowest BCUT2D eigenvalue weighted by atomic mass is 9.92. The number of nitrogens with zero attached hydrogens (tertiary/aromatic N) is 5. The molecule has 0 bridgehead atoms. The maximum atomic E-state index is 12.2. The van der Waals surface area contributed by atoms with Crippen LogP contribution in [0.4, 0.5) is 4.79 Å². The SMILES string of the molecule is CS(=O)(=O)c1nn(Cc2nc3cc(Cl)ccc3n2C2CCC2)c2cnccc12.O=C(O)O. The summed E-state index contributed by atoms with van der Waals surface area (Å²) in [5.74, 6) is 0.843. The van der Waals surface area contributed by atoms with E-state index in [-0.39, 0.29) is 5.03 Å². The van der Waals surface area contributed by atoms with E-state index in [4.69, 9.17) is 31.6 Å². The van der Waals surface area contributed by atoms with Crippen molar-refractivity contribution in [3.05, 3.63) is 47.5 Å². The highest BCUT2D eigenvalue weighted by molar-refractivity contribution is 7.90. The minimum absolute atomic E-state index is 0.0687. The van der Waals surface area contributed by atoms with Gasteiger partial charge in [0, 0.05) is 28.9 Å². The van der Waals surface area contributed by atoms with Gasteiger partial charge in [-0.3, -0.25) is 9.67 Å². The highest BCUT2D eigenvalue weighted by Crippen LogP contribution is 2.36. The van der Waals surface area contributed by atoms with Crippen LogP contribution in [0.5, 0.6) is 0 Å². The largest absolute Gasteiger partial charge is 0.503 e. The average molecular weight is 478 g/mol. The molecule has 0 radical (unpaired) electrons. The number of carbonyl (C=O) groups is 1. The van der Waals surface area contributed by atoms with Crippen molar-refractivity contribution in [2.24, 2.45) is 0 Å². The molecule has 0 spiro atoms. The Morgan fingerprint density at radius 1 is 1.22 bits per heavy atom. The van der Waals surface area contributed by atoms with E-state index >= 15 is 0 Å². The lowest BCUT2D eigenvalue weighted by Crippen LogP contribution is -2.20. The summed E-state index contributed by atoms with van der Waals surface area (Å²) < 4.78 is 28.3. The van der Waals surface area contributed by atoms with E-state index in [9.17, 15) is 8.42 Å². The van der Waals surface area contributed by atoms with Crippen LogP contribution < -0.4 is 0 Å². The van der Waals surface area contributed by atoms with Gasteiger partial charge in [-0.25, -0.2) is 18.2 Å². The topological polar surface area (TPSA) is 140 Å². The van der Waals surface area contributed by atoms with Gasteiger partial charge >= 0.3 is 6.16 Å². The van der Waals surface area contributed by atoms with Gasteiger partial charge in [-0.1, -0.05) is 11.6 Å². The van der Waals surface area contributed by atoms with Crippen molar-refractivity contribution in [1.29, 1.82) is 0 Å². The van der Waals surface area contributed by atoms with E-state index in [1.165, 1.54) is 12.7 Å². The van der Waals surface area contributed by atoms with Crippen LogP contribution >= 0.6 is 11.6 Å². The zero-order chi connectivity index (χ0) is 23.0. The van der Waals surface area contributed by atoms with Crippen LogP contribution in [-0.2, 0) is 16.4 Å². The van der Waals surface area contributed by atoms with Crippen molar-refractivity contribution < 1.29 is 23.4 Å². The predicted octanol–water partition coefficient (Wildman–Crippen LogP) is 3.83. The molecule has 3 aromatic heterocycles. The maximum Gasteiger partial charge on any atom is 0.503 e. The second-order valence-electron chi connectivity index (χ2n) is 7.53. The van der Waals surface area contributed by atoms with E-state index in [2.05, 4.69) is 14.6 Å². The second kappa shape index (κ2) is 8.40. The van der Waals surface area contributed by atoms with Gasteiger partial charge in [-0.15, -0.1) is 0 Å². The molecule has 0 amide bonds. The van der Waals surface area contributed by atoms with Crippen molar-refractivity contribution >= 4 is 49.5 Å². The molecule has 32 heavy (non-hydrogen) atoms. The zero-order valence-corrected chi connectivity index (χ0v) is 18.6. The van der Waals surface area contributed by atoms with Crippen molar-refractivity contribution in [3.8, 4) is 0 Å². The Morgan fingerprint density at radius 3 is 2.56 bits per heavy atom. The first-order valence-electron chi connectivity index (χ1n) is 9.74. The van der Waals surface area contributed by atoms with E-state index in [0.29, 0.717) is 28.5 Å². The van der Waals surface area contributed by atoms with Gasteiger partial charge in [0.05, 0.1) is 29.3 Å². The molecule has 0 unspecified atom stereocenters. The normalized spacial score (nSPS) is 14.2. The number of fused-ring (bicyclic) bond motifs is 2. The number of hydrogen-bond acceptors (Lipinski definition) is 6. The minimum atomic E-state index is -3.46. The number of aromatic nitrogens is 5. The van der Waals surface area contributed by atoms with Crippen LogP contribution in [-0.4, -0.2) is 55.4 Å². The molecule has 5 rings (SSSR count). The fourth-order valence-corrected chi connectivity index (χ4v) is 4.79. The fraction of sp³-hybridized carbons (Fsp3) is 0.300. The Hall–Kier alpha value is -3.18. The number of pyridine rings is 1. The summed E-state index contributed by atoms with van der Waals surface area (Å²) in [5, 5.41) is 19.6. The van der Waals surface area contributed by atoms with Crippen LogP contribution in [0.15, 0.2) is 41.7 Å². The van der Waals surface area contributed by atoms with Gasteiger partial charge in [0.2, 0.25) is 0 Å². The molecular weight excluding hydrogens is 458 g/mol. The van der Waals surface area contributed by atoms with E-state index in [1.807, 2.05) is 18.2 Å². The molecule has 12 heteroatoms.